The number of hydrazine groups is 1. The number of halogens is 1. The molecule has 1 aliphatic carbocycles. The first-order valence-electron chi connectivity index (χ1n) is 5.99. The third-order valence-corrected chi connectivity index (χ3v) is 4.10. The third kappa shape index (κ3) is 1.17. The van der Waals surface area contributed by atoms with Gasteiger partial charge in [-0.05, 0) is 30.5 Å². The van der Waals surface area contributed by atoms with Gasteiger partial charge in [0.1, 0.15) is 5.82 Å². The summed E-state index contributed by atoms with van der Waals surface area (Å²) in [5.74, 6) is 5.83. The molecule has 1 aliphatic heterocycles. The molecule has 1 saturated carbocycles. The van der Waals surface area contributed by atoms with Crippen molar-refractivity contribution in [2.24, 2.45) is 5.84 Å². The number of hydrogen-bond acceptors (Lipinski definition) is 2. The van der Waals surface area contributed by atoms with Crippen LogP contribution in [0.4, 0.5) is 4.39 Å². The standard InChI is InChI=1S/C13H14FN3/c14-8-2-1-3-9-11(8)12-10(16-9)6-17(15)7-13(12)4-5-13/h1-3,16H,4-7,15H2. The summed E-state index contributed by atoms with van der Waals surface area (Å²) >= 11 is 0. The predicted octanol–water partition coefficient (Wildman–Crippen LogP) is 2.03. The van der Waals surface area contributed by atoms with Crippen LogP contribution in [0.1, 0.15) is 24.1 Å². The summed E-state index contributed by atoms with van der Waals surface area (Å²) in [6, 6.07) is 5.23. The van der Waals surface area contributed by atoms with E-state index < -0.39 is 0 Å². The molecule has 0 radical (unpaired) electrons. The van der Waals surface area contributed by atoms with E-state index >= 15 is 0 Å². The van der Waals surface area contributed by atoms with Gasteiger partial charge in [0, 0.05) is 28.6 Å². The fraction of sp³-hybridized carbons (Fsp3) is 0.385. The highest BCUT2D eigenvalue weighted by atomic mass is 19.1. The summed E-state index contributed by atoms with van der Waals surface area (Å²) in [5, 5.41) is 2.62. The molecule has 1 aromatic heterocycles. The molecule has 2 heterocycles. The molecule has 1 spiro atoms. The van der Waals surface area contributed by atoms with Crippen molar-refractivity contribution in [1.82, 2.24) is 9.99 Å². The molecule has 0 unspecified atom stereocenters. The molecule has 0 atom stereocenters. The van der Waals surface area contributed by atoms with E-state index in [4.69, 9.17) is 5.84 Å². The van der Waals surface area contributed by atoms with Gasteiger partial charge in [0.25, 0.3) is 0 Å². The van der Waals surface area contributed by atoms with Crippen LogP contribution in [0.2, 0.25) is 0 Å². The van der Waals surface area contributed by atoms with E-state index in [1.54, 1.807) is 12.1 Å². The molecule has 0 saturated heterocycles. The van der Waals surface area contributed by atoms with E-state index in [-0.39, 0.29) is 11.2 Å². The maximum atomic E-state index is 14.0. The predicted molar refractivity (Wildman–Crippen MR) is 63.8 cm³/mol. The van der Waals surface area contributed by atoms with Crippen molar-refractivity contribution in [1.29, 1.82) is 0 Å². The average Bonchev–Trinajstić information content (AvgIpc) is 2.89. The summed E-state index contributed by atoms with van der Waals surface area (Å²) in [5.41, 5.74) is 3.29. The highest BCUT2D eigenvalue weighted by Gasteiger charge is 2.50. The average molecular weight is 231 g/mol. The Labute approximate surface area is 98.4 Å². The van der Waals surface area contributed by atoms with Gasteiger partial charge in [-0.3, -0.25) is 5.84 Å². The Hall–Kier alpha value is -1.39. The summed E-state index contributed by atoms with van der Waals surface area (Å²) in [4.78, 5) is 3.32. The fourth-order valence-corrected chi connectivity index (χ4v) is 3.25. The van der Waals surface area contributed by atoms with Crippen LogP contribution >= 0.6 is 0 Å². The lowest BCUT2D eigenvalue weighted by Crippen LogP contribution is -2.42. The highest BCUT2D eigenvalue weighted by Crippen LogP contribution is 2.54. The Balaban J connectivity index is 2.08. The minimum Gasteiger partial charge on any atom is -0.357 e. The second-order valence-electron chi connectivity index (χ2n) is 5.33. The first-order chi connectivity index (χ1) is 8.20. The van der Waals surface area contributed by atoms with Crippen LogP contribution in [-0.4, -0.2) is 16.5 Å². The Morgan fingerprint density at radius 3 is 2.94 bits per heavy atom. The normalized spacial score (nSPS) is 22.0. The van der Waals surface area contributed by atoms with Gasteiger partial charge >= 0.3 is 0 Å². The molecule has 3 N–H and O–H groups in total. The van der Waals surface area contributed by atoms with Crippen LogP contribution in [0.25, 0.3) is 10.9 Å². The lowest BCUT2D eigenvalue weighted by Gasteiger charge is -2.29. The van der Waals surface area contributed by atoms with Gasteiger partial charge in [-0.25, -0.2) is 9.40 Å². The van der Waals surface area contributed by atoms with Gasteiger partial charge in [0.15, 0.2) is 0 Å². The van der Waals surface area contributed by atoms with Crippen molar-refractivity contribution in [3.05, 3.63) is 35.3 Å². The number of rotatable bonds is 0. The van der Waals surface area contributed by atoms with Crippen molar-refractivity contribution in [3.63, 3.8) is 0 Å². The number of nitrogens with two attached hydrogens (primary N) is 1. The molecule has 2 aromatic rings. The molecule has 0 bridgehead atoms. The summed E-state index contributed by atoms with van der Waals surface area (Å²) in [6.07, 6.45) is 2.24. The van der Waals surface area contributed by atoms with E-state index in [9.17, 15) is 4.39 Å². The Morgan fingerprint density at radius 1 is 1.35 bits per heavy atom. The molecule has 3 nitrogen and oxygen atoms in total. The number of benzene rings is 1. The number of hydrogen-bond donors (Lipinski definition) is 2. The number of aromatic nitrogens is 1. The van der Waals surface area contributed by atoms with Crippen LogP contribution in [0.3, 0.4) is 0 Å². The third-order valence-electron chi connectivity index (χ3n) is 4.10. The van der Waals surface area contributed by atoms with Crippen molar-refractivity contribution in [2.75, 3.05) is 6.54 Å². The number of nitrogens with zero attached hydrogens (tertiary/aromatic N) is 1. The van der Waals surface area contributed by atoms with Gasteiger partial charge in [-0.2, -0.15) is 0 Å². The van der Waals surface area contributed by atoms with E-state index in [2.05, 4.69) is 4.98 Å². The smallest absolute Gasteiger partial charge is 0.132 e. The molecule has 2 aliphatic rings. The molecule has 88 valence electrons. The molecule has 1 fully saturated rings. The van der Waals surface area contributed by atoms with Gasteiger partial charge in [-0.15, -0.1) is 0 Å². The van der Waals surface area contributed by atoms with E-state index in [1.807, 2.05) is 11.1 Å². The zero-order valence-corrected chi connectivity index (χ0v) is 9.46. The van der Waals surface area contributed by atoms with E-state index in [1.165, 1.54) is 5.56 Å². The number of nitrogens with one attached hydrogen (secondary N) is 1. The van der Waals surface area contributed by atoms with Crippen molar-refractivity contribution < 1.29 is 4.39 Å². The van der Waals surface area contributed by atoms with E-state index in [0.29, 0.717) is 6.54 Å². The number of fused-ring (bicyclic) bond motifs is 4. The molecule has 17 heavy (non-hydrogen) atoms. The first kappa shape index (κ1) is 9.62. The molecule has 4 heteroatoms. The minimum absolute atomic E-state index is 0.114. The van der Waals surface area contributed by atoms with Crippen LogP contribution in [0.5, 0.6) is 0 Å². The van der Waals surface area contributed by atoms with Crippen LogP contribution < -0.4 is 5.84 Å². The maximum absolute atomic E-state index is 14.0. The molecule has 4 rings (SSSR count). The van der Waals surface area contributed by atoms with Gasteiger partial charge in [0.05, 0.1) is 6.54 Å². The fourth-order valence-electron chi connectivity index (χ4n) is 3.25. The SMILES string of the molecule is NN1Cc2[nH]c3cccc(F)c3c2C2(CC2)C1. The summed E-state index contributed by atoms with van der Waals surface area (Å²) < 4.78 is 14.0. The van der Waals surface area contributed by atoms with Crippen LogP contribution in [-0.2, 0) is 12.0 Å². The largest absolute Gasteiger partial charge is 0.357 e. The van der Waals surface area contributed by atoms with Gasteiger partial charge in [0.2, 0.25) is 0 Å². The quantitative estimate of drug-likeness (QED) is 0.681. The summed E-state index contributed by atoms with van der Waals surface area (Å²) in [6.45, 7) is 1.53. The van der Waals surface area contributed by atoms with Crippen molar-refractivity contribution in [3.8, 4) is 0 Å². The van der Waals surface area contributed by atoms with Crippen molar-refractivity contribution >= 4 is 10.9 Å². The van der Waals surface area contributed by atoms with Crippen molar-refractivity contribution in [2.45, 2.75) is 24.8 Å². The molecular formula is C13H14FN3. The monoisotopic (exact) mass is 231 g/mol. The maximum Gasteiger partial charge on any atom is 0.132 e. The zero-order chi connectivity index (χ0) is 11.6. The Bertz CT molecular complexity index is 612. The molecule has 1 aromatic carbocycles. The summed E-state index contributed by atoms with van der Waals surface area (Å²) in [7, 11) is 0. The van der Waals surface area contributed by atoms with E-state index in [0.717, 1.165) is 36.0 Å². The Kier molecular flexibility index (Phi) is 1.63. The minimum atomic E-state index is -0.114. The highest BCUT2D eigenvalue weighted by molar-refractivity contribution is 5.87. The van der Waals surface area contributed by atoms with Crippen LogP contribution in [0, 0.1) is 5.82 Å². The Morgan fingerprint density at radius 2 is 2.18 bits per heavy atom. The zero-order valence-electron chi connectivity index (χ0n) is 9.46. The lowest BCUT2D eigenvalue weighted by atomic mass is 9.89. The lowest BCUT2D eigenvalue weighted by molar-refractivity contribution is 0.226. The number of H-pyrrole nitrogens is 1. The first-order valence-corrected chi connectivity index (χ1v) is 5.99. The second-order valence-corrected chi connectivity index (χ2v) is 5.33. The molecular weight excluding hydrogens is 217 g/mol. The topological polar surface area (TPSA) is 45.0 Å². The molecule has 0 amide bonds. The van der Waals surface area contributed by atoms with Gasteiger partial charge in [-0.1, -0.05) is 6.07 Å². The number of aromatic amines is 1. The second kappa shape index (κ2) is 2.89. The van der Waals surface area contributed by atoms with Crippen LogP contribution in [0.15, 0.2) is 18.2 Å². The van der Waals surface area contributed by atoms with Gasteiger partial charge < -0.3 is 4.98 Å².